The lowest BCUT2D eigenvalue weighted by molar-refractivity contribution is -0.131. The first kappa shape index (κ1) is 24.6. The smallest absolute Gasteiger partial charge is 0.264 e. The van der Waals surface area contributed by atoms with Crippen molar-refractivity contribution in [2.75, 3.05) is 39.1 Å². The van der Waals surface area contributed by atoms with E-state index in [1.165, 1.54) is 23.7 Å². The molecule has 3 heterocycles. The number of hydrogen-bond acceptors (Lipinski definition) is 8. The molecular weight excluding hydrogens is 474 g/mol. The Bertz CT molecular complexity index is 1300. The predicted octanol–water partition coefficient (Wildman–Crippen LogP) is 1.47. The van der Waals surface area contributed by atoms with Crippen molar-refractivity contribution in [2.24, 2.45) is 11.8 Å². The number of amides is 1. The van der Waals surface area contributed by atoms with Crippen molar-refractivity contribution in [1.29, 1.82) is 0 Å². The van der Waals surface area contributed by atoms with Crippen LogP contribution in [-0.4, -0.2) is 73.3 Å². The fourth-order valence-corrected chi connectivity index (χ4v) is 5.76. The third kappa shape index (κ3) is 5.43. The highest BCUT2D eigenvalue weighted by Gasteiger charge is 2.43. The summed E-state index contributed by atoms with van der Waals surface area (Å²) in [7, 11) is -3.74. The lowest BCUT2D eigenvalue weighted by atomic mass is 9.98. The minimum Gasteiger partial charge on any atom is -0.381 e. The van der Waals surface area contributed by atoms with Crippen molar-refractivity contribution >= 4 is 37.3 Å². The first-order valence-electron chi connectivity index (χ1n) is 11.0. The van der Waals surface area contributed by atoms with Crippen LogP contribution in [0.3, 0.4) is 0 Å². The number of nitrogens with zero attached hydrogens (tertiary/aromatic N) is 2. The van der Waals surface area contributed by atoms with E-state index in [1.54, 1.807) is 0 Å². The van der Waals surface area contributed by atoms with E-state index in [9.17, 15) is 13.2 Å². The van der Waals surface area contributed by atoms with E-state index in [2.05, 4.69) is 33.6 Å². The fourth-order valence-electron chi connectivity index (χ4n) is 3.89. The van der Waals surface area contributed by atoms with Gasteiger partial charge in [-0.25, -0.2) is 18.9 Å². The summed E-state index contributed by atoms with van der Waals surface area (Å²) in [5.74, 6) is 12.3. The van der Waals surface area contributed by atoms with Crippen molar-refractivity contribution in [3.63, 3.8) is 0 Å². The SMILES string of the molecule is C[C@@](CCc1nc2ccc(C#CC#CC3CN(CC4COC4)C3)cc2s1)(C(=O)NO)S(C)(=O)=O. The zero-order valence-corrected chi connectivity index (χ0v) is 20.8. The van der Waals surface area contributed by atoms with Gasteiger partial charge < -0.3 is 9.64 Å². The second-order valence-corrected chi connectivity index (χ2v) is 12.6. The number of thiazole rings is 1. The average Bonchev–Trinajstić information content (AvgIpc) is 3.15. The van der Waals surface area contributed by atoms with Crippen molar-refractivity contribution in [2.45, 2.75) is 24.5 Å². The molecule has 0 saturated carbocycles. The lowest BCUT2D eigenvalue weighted by Crippen LogP contribution is -2.50. The van der Waals surface area contributed by atoms with Gasteiger partial charge in [0.05, 0.1) is 28.4 Å². The van der Waals surface area contributed by atoms with Crippen LogP contribution in [0.25, 0.3) is 10.2 Å². The summed E-state index contributed by atoms with van der Waals surface area (Å²) in [6, 6.07) is 5.69. The number of hydrogen-bond donors (Lipinski definition) is 2. The van der Waals surface area contributed by atoms with Crippen molar-refractivity contribution in [3.8, 4) is 23.7 Å². The number of likely N-dealkylation sites (tertiary alicyclic amines) is 1. The highest BCUT2D eigenvalue weighted by Crippen LogP contribution is 2.28. The molecule has 1 atom stereocenters. The van der Waals surface area contributed by atoms with E-state index in [1.807, 2.05) is 18.2 Å². The van der Waals surface area contributed by atoms with E-state index in [4.69, 9.17) is 9.94 Å². The summed E-state index contributed by atoms with van der Waals surface area (Å²) in [5.41, 5.74) is 3.09. The summed E-state index contributed by atoms with van der Waals surface area (Å²) in [6.07, 6.45) is 1.28. The molecule has 34 heavy (non-hydrogen) atoms. The third-order valence-electron chi connectivity index (χ3n) is 6.38. The number of sulfone groups is 1. The molecule has 1 aromatic heterocycles. The van der Waals surface area contributed by atoms with Gasteiger partial charge in [0.25, 0.3) is 5.91 Å². The standard InChI is InChI=1S/C24H27N3O5S2/c1-24(23(28)26-29,34(2,30)31)10-9-22-25-20-8-7-17(11-21(20)33-22)5-3-4-6-18-12-27(13-18)14-19-15-32-16-19/h7-8,11,18-19,29H,9-10,12-16H2,1-2H3,(H,26,28)/t24-/m1/s1. The van der Waals surface area contributed by atoms with Crippen molar-refractivity contribution in [3.05, 3.63) is 28.8 Å². The second kappa shape index (κ2) is 10.0. The molecule has 2 saturated heterocycles. The van der Waals surface area contributed by atoms with Gasteiger partial charge in [0.15, 0.2) is 9.84 Å². The van der Waals surface area contributed by atoms with Crippen LogP contribution in [0.1, 0.15) is 23.9 Å². The average molecular weight is 502 g/mol. The number of hydroxylamine groups is 1. The molecule has 2 aliphatic rings. The number of aromatic nitrogens is 1. The summed E-state index contributed by atoms with van der Waals surface area (Å²) >= 11 is 1.43. The molecular formula is C24H27N3O5S2. The number of nitrogens with one attached hydrogen (secondary N) is 1. The Labute approximate surface area is 203 Å². The minimum absolute atomic E-state index is 0.00727. The van der Waals surface area contributed by atoms with Crippen LogP contribution in [0.2, 0.25) is 0 Å². The Kier molecular flexibility index (Phi) is 7.27. The van der Waals surface area contributed by atoms with E-state index in [0.717, 1.165) is 54.9 Å². The van der Waals surface area contributed by atoms with Gasteiger partial charge in [-0.3, -0.25) is 10.0 Å². The second-order valence-electron chi connectivity index (χ2n) is 9.07. The van der Waals surface area contributed by atoms with Gasteiger partial charge in [-0.05, 0) is 43.4 Å². The number of carbonyl (C=O) groups excluding carboxylic acids is 1. The maximum Gasteiger partial charge on any atom is 0.264 e. The zero-order valence-electron chi connectivity index (χ0n) is 19.1. The molecule has 0 radical (unpaired) electrons. The summed E-state index contributed by atoms with van der Waals surface area (Å²) in [4.78, 5) is 18.9. The fraction of sp³-hybridized carbons (Fsp3) is 0.500. The summed E-state index contributed by atoms with van der Waals surface area (Å²) in [6.45, 7) is 6.16. The van der Waals surface area contributed by atoms with E-state index in [0.29, 0.717) is 16.8 Å². The molecule has 0 aliphatic carbocycles. The number of benzene rings is 1. The number of aryl methyl sites for hydroxylation is 1. The van der Waals surface area contributed by atoms with Crippen LogP contribution in [0.4, 0.5) is 0 Å². The number of fused-ring (bicyclic) bond motifs is 1. The molecule has 0 unspecified atom stereocenters. The molecule has 2 fully saturated rings. The number of ether oxygens (including phenoxy) is 1. The lowest BCUT2D eigenvalue weighted by Gasteiger charge is -2.40. The van der Waals surface area contributed by atoms with Gasteiger partial charge in [0.1, 0.15) is 4.75 Å². The van der Waals surface area contributed by atoms with E-state index in [-0.39, 0.29) is 12.8 Å². The Morgan fingerprint density at radius 1 is 1.35 bits per heavy atom. The summed E-state index contributed by atoms with van der Waals surface area (Å²) < 4.78 is 28.7. The van der Waals surface area contributed by atoms with Crippen LogP contribution >= 0.6 is 11.3 Å². The molecule has 1 amide bonds. The Morgan fingerprint density at radius 3 is 2.76 bits per heavy atom. The predicted molar refractivity (Wildman–Crippen MR) is 130 cm³/mol. The quantitative estimate of drug-likeness (QED) is 0.336. The highest BCUT2D eigenvalue weighted by molar-refractivity contribution is 7.92. The molecule has 2 N–H and O–H groups in total. The van der Waals surface area contributed by atoms with Crippen LogP contribution in [0.15, 0.2) is 18.2 Å². The van der Waals surface area contributed by atoms with Gasteiger partial charge >= 0.3 is 0 Å². The maximum absolute atomic E-state index is 12.1. The molecule has 0 bridgehead atoms. The number of carbonyl (C=O) groups is 1. The Morgan fingerprint density at radius 2 is 2.12 bits per heavy atom. The van der Waals surface area contributed by atoms with Crippen LogP contribution in [0, 0.1) is 35.5 Å². The van der Waals surface area contributed by atoms with Gasteiger partial charge in [-0.15, -0.1) is 11.3 Å². The van der Waals surface area contributed by atoms with Gasteiger partial charge in [-0.2, -0.15) is 0 Å². The molecule has 8 nitrogen and oxygen atoms in total. The van der Waals surface area contributed by atoms with Crippen LogP contribution in [0.5, 0.6) is 0 Å². The minimum atomic E-state index is -3.74. The number of rotatable bonds is 7. The Hall–Kier alpha value is -2.47. The first-order valence-corrected chi connectivity index (χ1v) is 13.7. The van der Waals surface area contributed by atoms with Crippen LogP contribution in [-0.2, 0) is 25.8 Å². The maximum atomic E-state index is 12.1. The monoisotopic (exact) mass is 501 g/mol. The van der Waals surface area contributed by atoms with Gasteiger partial charge in [0.2, 0.25) is 0 Å². The molecule has 2 aliphatic heterocycles. The molecule has 1 aromatic carbocycles. The van der Waals surface area contributed by atoms with E-state index < -0.39 is 20.5 Å². The topological polar surface area (TPSA) is 109 Å². The molecule has 180 valence electrons. The normalized spacial score (nSPS) is 18.6. The third-order valence-corrected chi connectivity index (χ3v) is 9.48. The van der Waals surface area contributed by atoms with Crippen molar-refractivity contribution in [1.82, 2.24) is 15.4 Å². The molecule has 2 aromatic rings. The summed E-state index contributed by atoms with van der Waals surface area (Å²) in [5, 5.41) is 9.67. The molecule has 10 heteroatoms. The van der Waals surface area contributed by atoms with Crippen LogP contribution < -0.4 is 5.48 Å². The highest BCUT2D eigenvalue weighted by atomic mass is 32.2. The van der Waals surface area contributed by atoms with E-state index >= 15 is 0 Å². The largest absolute Gasteiger partial charge is 0.381 e. The van der Waals surface area contributed by atoms with Gasteiger partial charge in [-0.1, -0.05) is 11.8 Å². The van der Waals surface area contributed by atoms with Gasteiger partial charge in [0, 0.05) is 49.7 Å². The first-order chi connectivity index (χ1) is 16.2. The molecule has 4 rings (SSSR count). The zero-order chi connectivity index (χ0) is 24.3. The Balaban J connectivity index is 1.35. The molecule has 0 spiro atoms. The van der Waals surface area contributed by atoms with Crippen molar-refractivity contribution < 1.29 is 23.2 Å².